The summed E-state index contributed by atoms with van der Waals surface area (Å²) in [7, 11) is 1.24. The van der Waals surface area contributed by atoms with Crippen LogP contribution >= 0.6 is 11.6 Å². The maximum absolute atomic E-state index is 12.5. The minimum atomic E-state index is -4.53. The van der Waals surface area contributed by atoms with Crippen molar-refractivity contribution in [3.63, 3.8) is 0 Å². The van der Waals surface area contributed by atoms with E-state index in [4.69, 9.17) is 11.6 Å². The Hall–Kier alpha value is -1.76. The second kappa shape index (κ2) is 4.49. The molecule has 1 aromatic carbocycles. The molecule has 0 saturated carbocycles. The van der Waals surface area contributed by atoms with Crippen molar-refractivity contribution in [3.8, 4) is 0 Å². The van der Waals surface area contributed by atoms with Gasteiger partial charge in [0, 0.05) is 17.8 Å². The Labute approximate surface area is 105 Å². The highest BCUT2D eigenvalue weighted by Crippen LogP contribution is 2.29. The first-order chi connectivity index (χ1) is 8.38. The van der Waals surface area contributed by atoms with Gasteiger partial charge in [-0.05, 0) is 24.3 Å². The van der Waals surface area contributed by atoms with E-state index in [0.29, 0.717) is 10.7 Å². The number of anilines is 2. The number of hydrogen-bond acceptors (Lipinski definition) is 3. The lowest BCUT2D eigenvalue weighted by atomic mass is 10.3. The molecule has 2 aromatic rings. The minimum absolute atomic E-state index is 0.00430. The van der Waals surface area contributed by atoms with E-state index in [-0.39, 0.29) is 5.95 Å². The maximum Gasteiger partial charge on any atom is 0.451 e. The molecule has 0 bridgehead atoms. The predicted molar refractivity (Wildman–Crippen MR) is 60.7 cm³/mol. The molecule has 96 valence electrons. The third-order valence-electron chi connectivity index (χ3n) is 2.23. The van der Waals surface area contributed by atoms with Crippen molar-refractivity contribution < 1.29 is 13.2 Å². The molecule has 0 atom stereocenters. The normalized spacial score (nSPS) is 11.6. The fourth-order valence-electron chi connectivity index (χ4n) is 1.35. The molecule has 1 N–H and O–H groups in total. The number of alkyl halides is 3. The first-order valence-corrected chi connectivity index (χ1v) is 5.25. The molecule has 1 heterocycles. The lowest BCUT2D eigenvalue weighted by molar-refractivity contribution is -0.146. The van der Waals surface area contributed by atoms with Crippen molar-refractivity contribution in [1.82, 2.24) is 14.8 Å². The molecule has 0 aliphatic heterocycles. The van der Waals surface area contributed by atoms with Crippen LogP contribution in [0.1, 0.15) is 5.82 Å². The van der Waals surface area contributed by atoms with E-state index in [1.165, 1.54) is 7.05 Å². The summed E-state index contributed by atoms with van der Waals surface area (Å²) in [6.07, 6.45) is -4.53. The molecular weight excluding hydrogens is 269 g/mol. The Morgan fingerprint density at radius 1 is 1.17 bits per heavy atom. The summed E-state index contributed by atoms with van der Waals surface area (Å²) in [4.78, 5) is 0. The maximum atomic E-state index is 12.5. The van der Waals surface area contributed by atoms with Gasteiger partial charge < -0.3 is 5.32 Å². The highest BCUT2D eigenvalue weighted by Gasteiger charge is 2.37. The van der Waals surface area contributed by atoms with Crippen LogP contribution in [0.3, 0.4) is 0 Å². The zero-order chi connectivity index (χ0) is 13.3. The largest absolute Gasteiger partial charge is 0.451 e. The molecular formula is C10H8ClF3N4. The summed E-state index contributed by atoms with van der Waals surface area (Å²) < 4.78 is 38.3. The van der Waals surface area contributed by atoms with Gasteiger partial charge in [0.25, 0.3) is 0 Å². The van der Waals surface area contributed by atoms with Gasteiger partial charge in [-0.1, -0.05) is 11.6 Å². The van der Waals surface area contributed by atoms with Crippen LogP contribution < -0.4 is 5.32 Å². The number of benzene rings is 1. The predicted octanol–water partition coefficient (Wildman–Crippen LogP) is 3.23. The van der Waals surface area contributed by atoms with Crippen LogP contribution in [-0.2, 0) is 13.2 Å². The fraction of sp³-hybridized carbons (Fsp3) is 0.200. The zero-order valence-corrected chi connectivity index (χ0v) is 9.92. The van der Waals surface area contributed by atoms with Gasteiger partial charge in [0.2, 0.25) is 11.8 Å². The molecule has 0 unspecified atom stereocenters. The molecule has 0 saturated heterocycles. The van der Waals surface area contributed by atoms with E-state index in [9.17, 15) is 13.2 Å². The lowest BCUT2D eigenvalue weighted by Crippen LogP contribution is -2.13. The van der Waals surface area contributed by atoms with Crippen molar-refractivity contribution in [3.05, 3.63) is 35.1 Å². The number of rotatable bonds is 2. The highest BCUT2D eigenvalue weighted by molar-refractivity contribution is 6.30. The summed E-state index contributed by atoms with van der Waals surface area (Å²) in [5, 5.41) is 9.81. The van der Waals surface area contributed by atoms with E-state index in [1.807, 2.05) is 0 Å². The van der Waals surface area contributed by atoms with Crippen molar-refractivity contribution in [1.29, 1.82) is 0 Å². The van der Waals surface area contributed by atoms with Crippen molar-refractivity contribution >= 4 is 23.2 Å². The summed E-state index contributed by atoms with van der Waals surface area (Å²) in [5.41, 5.74) is 0.573. The van der Waals surface area contributed by atoms with Gasteiger partial charge in [0.15, 0.2) is 0 Å². The molecule has 0 radical (unpaired) electrons. The van der Waals surface area contributed by atoms with Crippen LogP contribution in [0.25, 0.3) is 0 Å². The SMILES string of the molecule is Cn1c(Nc2ccc(Cl)cc2)nnc1C(F)(F)F. The molecule has 0 aliphatic rings. The molecule has 4 nitrogen and oxygen atoms in total. The first-order valence-electron chi connectivity index (χ1n) is 4.87. The molecule has 8 heteroatoms. The second-order valence-corrected chi connectivity index (χ2v) is 3.97. The quantitative estimate of drug-likeness (QED) is 0.916. The summed E-state index contributed by atoms with van der Waals surface area (Å²) in [6, 6.07) is 6.49. The average molecular weight is 277 g/mol. The first kappa shape index (κ1) is 12.7. The van der Waals surface area contributed by atoms with Gasteiger partial charge in [-0.2, -0.15) is 13.2 Å². The Morgan fingerprint density at radius 2 is 1.78 bits per heavy atom. The smallest absolute Gasteiger partial charge is 0.324 e. The number of nitrogens with one attached hydrogen (secondary N) is 1. The fourth-order valence-corrected chi connectivity index (χ4v) is 1.47. The third kappa shape index (κ3) is 2.56. The van der Waals surface area contributed by atoms with E-state index in [2.05, 4.69) is 15.5 Å². The van der Waals surface area contributed by atoms with Crippen LogP contribution in [0.2, 0.25) is 5.02 Å². The van der Waals surface area contributed by atoms with Crippen molar-refractivity contribution in [2.75, 3.05) is 5.32 Å². The van der Waals surface area contributed by atoms with Gasteiger partial charge in [-0.25, -0.2) is 0 Å². The van der Waals surface area contributed by atoms with Gasteiger partial charge in [-0.3, -0.25) is 4.57 Å². The summed E-state index contributed by atoms with van der Waals surface area (Å²) in [5.74, 6) is -1.05. The number of aromatic nitrogens is 3. The number of halogens is 4. The van der Waals surface area contributed by atoms with E-state index in [1.54, 1.807) is 24.3 Å². The number of nitrogens with zero attached hydrogens (tertiary/aromatic N) is 3. The molecule has 18 heavy (non-hydrogen) atoms. The molecule has 0 fully saturated rings. The van der Waals surface area contributed by atoms with Gasteiger partial charge >= 0.3 is 6.18 Å². The van der Waals surface area contributed by atoms with E-state index >= 15 is 0 Å². The summed E-state index contributed by atoms with van der Waals surface area (Å²) in [6.45, 7) is 0. The van der Waals surface area contributed by atoms with Gasteiger partial charge in [-0.15, -0.1) is 10.2 Å². The van der Waals surface area contributed by atoms with Crippen LogP contribution in [-0.4, -0.2) is 14.8 Å². The van der Waals surface area contributed by atoms with Crippen LogP contribution in [0.5, 0.6) is 0 Å². The van der Waals surface area contributed by atoms with E-state index in [0.717, 1.165) is 4.57 Å². The lowest BCUT2D eigenvalue weighted by Gasteiger charge is -2.08. The van der Waals surface area contributed by atoms with Crippen LogP contribution in [0.15, 0.2) is 24.3 Å². The number of hydrogen-bond donors (Lipinski definition) is 1. The van der Waals surface area contributed by atoms with E-state index < -0.39 is 12.0 Å². The molecule has 0 aliphatic carbocycles. The van der Waals surface area contributed by atoms with Crippen LogP contribution in [0, 0.1) is 0 Å². The third-order valence-corrected chi connectivity index (χ3v) is 2.48. The zero-order valence-electron chi connectivity index (χ0n) is 9.16. The average Bonchev–Trinajstić information content (AvgIpc) is 2.63. The molecule has 0 amide bonds. The molecule has 2 rings (SSSR count). The summed E-state index contributed by atoms with van der Waals surface area (Å²) >= 11 is 5.70. The Morgan fingerprint density at radius 3 is 2.28 bits per heavy atom. The highest BCUT2D eigenvalue weighted by atomic mass is 35.5. The molecule has 0 spiro atoms. The second-order valence-electron chi connectivity index (χ2n) is 3.54. The Kier molecular flexibility index (Phi) is 3.16. The topological polar surface area (TPSA) is 42.7 Å². The van der Waals surface area contributed by atoms with Gasteiger partial charge in [0.1, 0.15) is 0 Å². The standard InChI is InChI=1S/C10H8ClF3N4/c1-18-8(10(12,13)14)16-17-9(18)15-7-4-2-6(11)3-5-7/h2-5H,1H3,(H,15,17). The molecule has 1 aromatic heterocycles. The Bertz CT molecular complexity index is 547. The van der Waals surface area contributed by atoms with Crippen molar-refractivity contribution in [2.45, 2.75) is 6.18 Å². The minimum Gasteiger partial charge on any atom is -0.324 e. The van der Waals surface area contributed by atoms with Gasteiger partial charge in [0.05, 0.1) is 0 Å². The Balaban J connectivity index is 2.25. The van der Waals surface area contributed by atoms with Crippen LogP contribution in [0.4, 0.5) is 24.8 Å². The van der Waals surface area contributed by atoms with Crippen molar-refractivity contribution in [2.24, 2.45) is 7.05 Å². The monoisotopic (exact) mass is 276 g/mol.